The van der Waals surface area contributed by atoms with Crippen LogP contribution >= 0.6 is 0 Å². The number of aliphatic hydroxyl groups is 2. The molecule has 3 aliphatic rings. The van der Waals surface area contributed by atoms with E-state index in [0.29, 0.717) is 19.1 Å². The van der Waals surface area contributed by atoms with Crippen molar-refractivity contribution >= 4 is 0 Å². The maximum atomic E-state index is 9.59. The van der Waals surface area contributed by atoms with E-state index in [1.54, 1.807) is 0 Å². The average Bonchev–Trinajstić information content (AvgIpc) is 2.88. The highest BCUT2D eigenvalue weighted by atomic mass is 16.3. The van der Waals surface area contributed by atoms with Crippen LogP contribution in [-0.4, -0.2) is 23.4 Å². The Morgan fingerprint density at radius 2 is 2.00 bits per heavy atom. The summed E-state index contributed by atoms with van der Waals surface area (Å²) in [5.41, 5.74) is 0.277. The van der Waals surface area contributed by atoms with Gasteiger partial charge in [-0.1, -0.05) is 0 Å². The molecular formula is C12H20O2. The predicted molar refractivity (Wildman–Crippen MR) is 53.6 cm³/mol. The fourth-order valence-electron chi connectivity index (χ4n) is 4.87. The summed E-state index contributed by atoms with van der Waals surface area (Å²) in [6.07, 6.45) is 6.25. The molecule has 2 N–H and O–H groups in total. The van der Waals surface area contributed by atoms with Crippen molar-refractivity contribution in [3.05, 3.63) is 0 Å². The second-order valence-electron chi connectivity index (χ2n) is 5.73. The van der Waals surface area contributed by atoms with E-state index in [-0.39, 0.29) is 5.41 Å². The Kier molecular flexibility index (Phi) is 1.94. The molecule has 0 aromatic rings. The van der Waals surface area contributed by atoms with Crippen molar-refractivity contribution in [1.82, 2.24) is 0 Å². The Balaban J connectivity index is 1.89. The molecular weight excluding hydrogens is 176 g/mol. The van der Waals surface area contributed by atoms with Crippen LogP contribution < -0.4 is 0 Å². The maximum absolute atomic E-state index is 9.59. The van der Waals surface area contributed by atoms with Crippen LogP contribution in [0.5, 0.6) is 0 Å². The van der Waals surface area contributed by atoms with Gasteiger partial charge in [0.2, 0.25) is 0 Å². The van der Waals surface area contributed by atoms with Crippen LogP contribution in [0.1, 0.15) is 32.1 Å². The number of hydrogen-bond donors (Lipinski definition) is 2. The largest absolute Gasteiger partial charge is 0.396 e. The zero-order chi connectivity index (χ0) is 9.76. The third-order valence-electron chi connectivity index (χ3n) is 5.42. The lowest BCUT2D eigenvalue weighted by atomic mass is 9.71. The molecule has 0 amide bonds. The van der Waals surface area contributed by atoms with Crippen molar-refractivity contribution in [2.75, 3.05) is 13.2 Å². The quantitative estimate of drug-likeness (QED) is 0.701. The van der Waals surface area contributed by atoms with Gasteiger partial charge in [-0.25, -0.2) is 0 Å². The van der Waals surface area contributed by atoms with Crippen LogP contribution in [0.2, 0.25) is 0 Å². The van der Waals surface area contributed by atoms with Crippen molar-refractivity contribution in [3.63, 3.8) is 0 Å². The summed E-state index contributed by atoms with van der Waals surface area (Å²) >= 11 is 0. The topological polar surface area (TPSA) is 40.5 Å². The van der Waals surface area contributed by atoms with Crippen molar-refractivity contribution in [3.8, 4) is 0 Å². The van der Waals surface area contributed by atoms with E-state index in [1.807, 2.05) is 0 Å². The highest BCUT2D eigenvalue weighted by molar-refractivity contribution is 5.09. The van der Waals surface area contributed by atoms with Crippen LogP contribution in [0, 0.1) is 29.1 Å². The summed E-state index contributed by atoms with van der Waals surface area (Å²) in [7, 11) is 0. The number of fused-ring (bicyclic) bond motifs is 5. The Bertz CT molecular complexity index is 240. The Morgan fingerprint density at radius 3 is 2.71 bits per heavy atom. The first-order valence-electron chi connectivity index (χ1n) is 6.02. The van der Waals surface area contributed by atoms with Gasteiger partial charge >= 0.3 is 0 Å². The Morgan fingerprint density at radius 1 is 1.14 bits per heavy atom. The first kappa shape index (κ1) is 9.17. The zero-order valence-electron chi connectivity index (χ0n) is 8.65. The van der Waals surface area contributed by atoms with E-state index < -0.39 is 0 Å². The zero-order valence-corrected chi connectivity index (χ0v) is 8.65. The summed E-state index contributed by atoms with van der Waals surface area (Å²) in [6.45, 7) is 0.766. The minimum Gasteiger partial charge on any atom is -0.396 e. The fourth-order valence-corrected chi connectivity index (χ4v) is 4.87. The molecule has 0 aromatic carbocycles. The van der Waals surface area contributed by atoms with Crippen LogP contribution in [0.15, 0.2) is 0 Å². The molecule has 0 heterocycles. The first-order valence-corrected chi connectivity index (χ1v) is 6.02. The fraction of sp³-hybridized carbons (Fsp3) is 1.00. The third-order valence-corrected chi connectivity index (χ3v) is 5.42. The van der Waals surface area contributed by atoms with Crippen LogP contribution in [0.25, 0.3) is 0 Å². The van der Waals surface area contributed by atoms with Gasteiger partial charge < -0.3 is 10.2 Å². The second-order valence-corrected chi connectivity index (χ2v) is 5.73. The molecule has 80 valence electrons. The Labute approximate surface area is 85.3 Å². The monoisotopic (exact) mass is 196 g/mol. The molecule has 2 heteroatoms. The summed E-state index contributed by atoms with van der Waals surface area (Å²) in [4.78, 5) is 0. The van der Waals surface area contributed by atoms with Gasteiger partial charge in [0.15, 0.2) is 0 Å². The molecule has 0 saturated heterocycles. The molecule has 3 fully saturated rings. The molecule has 2 nitrogen and oxygen atoms in total. The van der Waals surface area contributed by atoms with Crippen LogP contribution in [-0.2, 0) is 0 Å². The summed E-state index contributed by atoms with van der Waals surface area (Å²) < 4.78 is 0. The number of rotatable bonds is 2. The standard InChI is InChI=1S/C12H20O2/c13-6-9-1-2-10-11(9)8-3-4-12(10,5-8)7-14/h8-11,13-14H,1-7H2. The minimum atomic E-state index is 0.277. The van der Waals surface area contributed by atoms with Crippen molar-refractivity contribution in [2.45, 2.75) is 32.1 Å². The van der Waals surface area contributed by atoms with Gasteiger partial charge in [-0.15, -0.1) is 0 Å². The maximum Gasteiger partial charge on any atom is 0.0490 e. The van der Waals surface area contributed by atoms with E-state index in [1.165, 1.54) is 32.1 Å². The molecule has 5 atom stereocenters. The highest BCUT2D eigenvalue weighted by Crippen LogP contribution is 2.66. The minimum absolute atomic E-state index is 0.277. The van der Waals surface area contributed by atoms with Gasteiger partial charge in [-0.05, 0) is 61.2 Å². The number of hydrogen-bond acceptors (Lipinski definition) is 2. The molecule has 5 unspecified atom stereocenters. The van der Waals surface area contributed by atoms with Crippen molar-refractivity contribution in [2.24, 2.45) is 29.1 Å². The first-order chi connectivity index (χ1) is 6.80. The lowest BCUT2D eigenvalue weighted by Crippen LogP contribution is -2.32. The Hall–Kier alpha value is -0.0800. The average molecular weight is 196 g/mol. The SMILES string of the molecule is OCC1CCC2C1C1CCC2(CO)C1. The molecule has 0 radical (unpaired) electrons. The van der Waals surface area contributed by atoms with Crippen molar-refractivity contribution < 1.29 is 10.2 Å². The lowest BCUT2D eigenvalue weighted by Gasteiger charge is -2.35. The van der Waals surface area contributed by atoms with Gasteiger partial charge in [-0.3, -0.25) is 0 Å². The van der Waals surface area contributed by atoms with E-state index in [9.17, 15) is 10.2 Å². The normalized spacial score (nSPS) is 55.3. The highest BCUT2D eigenvalue weighted by Gasteiger charge is 2.60. The second kappa shape index (κ2) is 2.96. The molecule has 3 rings (SSSR count). The van der Waals surface area contributed by atoms with Gasteiger partial charge in [0.25, 0.3) is 0 Å². The predicted octanol–water partition coefficient (Wildman–Crippen LogP) is 1.41. The van der Waals surface area contributed by atoms with Gasteiger partial charge in [0.05, 0.1) is 0 Å². The smallest absolute Gasteiger partial charge is 0.0490 e. The van der Waals surface area contributed by atoms with E-state index in [0.717, 1.165) is 17.8 Å². The van der Waals surface area contributed by atoms with Gasteiger partial charge in [0.1, 0.15) is 0 Å². The summed E-state index contributed by atoms with van der Waals surface area (Å²) in [5.74, 6) is 2.87. The molecule has 3 aliphatic carbocycles. The van der Waals surface area contributed by atoms with E-state index >= 15 is 0 Å². The van der Waals surface area contributed by atoms with Crippen molar-refractivity contribution in [1.29, 1.82) is 0 Å². The summed E-state index contributed by atoms with van der Waals surface area (Å²) in [6, 6.07) is 0. The number of aliphatic hydroxyl groups excluding tert-OH is 2. The van der Waals surface area contributed by atoms with Crippen LogP contribution in [0.3, 0.4) is 0 Å². The summed E-state index contributed by atoms with van der Waals surface area (Å²) in [5, 5.41) is 18.9. The van der Waals surface area contributed by atoms with Crippen LogP contribution in [0.4, 0.5) is 0 Å². The van der Waals surface area contributed by atoms with Gasteiger partial charge in [-0.2, -0.15) is 0 Å². The molecule has 0 spiro atoms. The molecule has 0 aromatic heterocycles. The molecule has 14 heavy (non-hydrogen) atoms. The van der Waals surface area contributed by atoms with E-state index in [2.05, 4.69) is 0 Å². The third kappa shape index (κ3) is 0.938. The lowest BCUT2D eigenvalue weighted by molar-refractivity contribution is 0.0556. The van der Waals surface area contributed by atoms with E-state index in [4.69, 9.17) is 0 Å². The molecule has 3 saturated carbocycles. The molecule has 2 bridgehead atoms. The molecule has 0 aliphatic heterocycles. The van der Waals surface area contributed by atoms with Gasteiger partial charge in [0, 0.05) is 13.2 Å².